The van der Waals surface area contributed by atoms with Crippen LogP contribution < -0.4 is 4.74 Å². The van der Waals surface area contributed by atoms with Crippen molar-refractivity contribution in [2.45, 2.75) is 0 Å². The summed E-state index contributed by atoms with van der Waals surface area (Å²) >= 11 is 5.37. The fourth-order valence-electron chi connectivity index (χ4n) is 0.989. The first-order valence-electron chi connectivity index (χ1n) is 3.76. The molecule has 0 unspecified atom stereocenters. The number of hydrogen-bond donors (Lipinski definition) is 1. The number of benzene rings is 1. The molecule has 0 heterocycles. The molecule has 0 atom stereocenters. The van der Waals surface area contributed by atoms with Gasteiger partial charge in [-0.15, -0.1) is 0 Å². The highest BCUT2D eigenvalue weighted by molar-refractivity contribution is 6.84. The molecule has 0 radical (unpaired) electrons. The first-order valence-corrected chi connectivity index (χ1v) is 4.13. The zero-order valence-corrected chi connectivity index (χ0v) is 8.15. The standard InChI is InChI=1S/C9H8ClNO3/c1-14-7-5-3-2-4-6(7)8(12)9(10)11-13/h2-5,13H,1H3/b11-9+. The van der Waals surface area contributed by atoms with Gasteiger partial charge in [0.05, 0.1) is 12.7 Å². The van der Waals surface area contributed by atoms with Gasteiger partial charge < -0.3 is 9.94 Å². The number of para-hydroxylation sites is 1. The van der Waals surface area contributed by atoms with Crippen molar-refractivity contribution < 1.29 is 14.7 Å². The molecular weight excluding hydrogens is 206 g/mol. The molecule has 0 fully saturated rings. The van der Waals surface area contributed by atoms with Crippen LogP contribution in [0, 0.1) is 0 Å². The highest BCUT2D eigenvalue weighted by atomic mass is 35.5. The number of methoxy groups -OCH3 is 1. The van der Waals surface area contributed by atoms with Crippen LogP contribution in [0.1, 0.15) is 10.4 Å². The predicted molar refractivity (Wildman–Crippen MR) is 52.4 cm³/mol. The van der Waals surface area contributed by atoms with E-state index in [2.05, 4.69) is 5.16 Å². The second-order valence-electron chi connectivity index (χ2n) is 2.42. The lowest BCUT2D eigenvalue weighted by Crippen LogP contribution is -2.09. The summed E-state index contributed by atoms with van der Waals surface area (Å²) in [5.74, 6) is -0.189. The molecule has 0 spiro atoms. The number of ether oxygens (including phenoxy) is 1. The zero-order chi connectivity index (χ0) is 10.6. The first kappa shape index (κ1) is 10.5. The van der Waals surface area contributed by atoms with E-state index < -0.39 is 11.0 Å². The average molecular weight is 214 g/mol. The highest BCUT2D eigenvalue weighted by Crippen LogP contribution is 2.18. The Morgan fingerprint density at radius 2 is 2.14 bits per heavy atom. The molecule has 0 aliphatic rings. The zero-order valence-electron chi connectivity index (χ0n) is 7.40. The molecule has 5 heteroatoms. The summed E-state index contributed by atoms with van der Waals surface area (Å²) in [6.45, 7) is 0. The van der Waals surface area contributed by atoms with Crippen LogP contribution in [0.3, 0.4) is 0 Å². The van der Waals surface area contributed by atoms with Crippen LogP contribution in [0.5, 0.6) is 5.75 Å². The third-order valence-corrected chi connectivity index (χ3v) is 1.87. The summed E-state index contributed by atoms with van der Waals surface area (Å²) in [5.41, 5.74) is 0.262. The molecule has 74 valence electrons. The maximum Gasteiger partial charge on any atom is 0.230 e. The van der Waals surface area contributed by atoms with Crippen molar-refractivity contribution in [3.63, 3.8) is 0 Å². The molecule has 1 N–H and O–H groups in total. The van der Waals surface area contributed by atoms with Gasteiger partial charge in [0.25, 0.3) is 0 Å². The van der Waals surface area contributed by atoms with Gasteiger partial charge in [0.2, 0.25) is 11.0 Å². The van der Waals surface area contributed by atoms with E-state index in [1.165, 1.54) is 13.2 Å². The molecule has 0 aliphatic heterocycles. The Kier molecular flexibility index (Phi) is 3.48. The minimum absolute atomic E-state index is 0.262. The molecule has 0 saturated heterocycles. The minimum atomic E-state index is -0.577. The van der Waals surface area contributed by atoms with Crippen molar-refractivity contribution in [3.8, 4) is 5.75 Å². The summed E-state index contributed by atoms with van der Waals surface area (Å²) in [6.07, 6.45) is 0. The van der Waals surface area contributed by atoms with Crippen LogP contribution in [0.2, 0.25) is 0 Å². The quantitative estimate of drug-likeness (QED) is 0.361. The summed E-state index contributed by atoms with van der Waals surface area (Å²) in [4.78, 5) is 11.5. The second-order valence-corrected chi connectivity index (χ2v) is 2.78. The molecule has 1 aromatic rings. The number of rotatable bonds is 3. The topological polar surface area (TPSA) is 58.9 Å². The number of nitrogens with zero attached hydrogens (tertiary/aromatic N) is 1. The third kappa shape index (κ3) is 2.03. The lowest BCUT2D eigenvalue weighted by molar-refractivity contribution is 0.106. The fraction of sp³-hybridized carbons (Fsp3) is 0.111. The fourth-order valence-corrected chi connectivity index (χ4v) is 1.09. The van der Waals surface area contributed by atoms with Crippen molar-refractivity contribution in [2.75, 3.05) is 7.11 Å². The minimum Gasteiger partial charge on any atom is -0.496 e. The number of hydrogen-bond acceptors (Lipinski definition) is 4. The maximum absolute atomic E-state index is 11.5. The number of halogens is 1. The molecule has 4 nitrogen and oxygen atoms in total. The number of oxime groups is 1. The van der Waals surface area contributed by atoms with Crippen LogP contribution in [-0.4, -0.2) is 23.3 Å². The van der Waals surface area contributed by atoms with Gasteiger partial charge in [-0.1, -0.05) is 28.9 Å². The molecule has 0 bridgehead atoms. The van der Waals surface area contributed by atoms with Gasteiger partial charge in [0.1, 0.15) is 5.75 Å². The van der Waals surface area contributed by atoms with Gasteiger partial charge in [-0.2, -0.15) is 0 Å². The van der Waals surface area contributed by atoms with E-state index in [1.807, 2.05) is 0 Å². The highest BCUT2D eigenvalue weighted by Gasteiger charge is 2.16. The van der Waals surface area contributed by atoms with Gasteiger partial charge in [0, 0.05) is 0 Å². The van der Waals surface area contributed by atoms with Gasteiger partial charge in [0.15, 0.2) is 0 Å². The average Bonchev–Trinajstić information content (AvgIpc) is 2.26. The van der Waals surface area contributed by atoms with Gasteiger partial charge in [-0.25, -0.2) is 0 Å². The van der Waals surface area contributed by atoms with Crippen molar-refractivity contribution in [1.82, 2.24) is 0 Å². The van der Waals surface area contributed by atoms with E-state index >= 15 is 0 Å². The summed E-state index contributed by atoms with van der Waals surface area (Å²) in [7, 11) is 1.44. The van der Waals surface area contributed by atoms with Crippen LogP contribution in [0.25, 0.3) is 0 Å². The Hall–Kier alpha value is -1.55. The van der Waals surface area contributed by atoms with Crippen molar-refractivity contribution >= 4 is 22.6 Å². The molecule has 0 aromatic heterocycles. The Bertz CT molecular complexity index is 376. The van der Waals surface area contributed by atoms with Crippen LogP contribution >= 0.6 is 11.6 Å². The van der Waals surface area contributed by atoms with E-state index in [-0.39, 0.29) is 5.56 Å². The van der Waals surface area contributed by atoms with E-state index in [4.69, 9.17) is 21.5 Å². The first-order chi connectivity index (χ1) is 6.70. The van der Waals surface area contributed by atoms with Crippen LogP contribution in [-0.2, 0) is 0 Å². The number of Topliss-reactive ketones (excluding diaryl/α,β-unsaturated/α-hetero) is 1. The molecule has 0 aliphatic carbocycles. The smallest absolute Gasteiger partial charge is 0.230 e. The van der Waals surface area contributed by atoms with E-state index in [0.29, 0.717) is 5.75 Å². The predicted octanol–water partition coefficient (Wildman–Crippen LogP) is 1.90. The largest absolute Gasteiger partial charge is 0.496 e. The molecule has 1 aromatic carbocycles. The second kappa shape index (κ2) is 4.62. The van der Waals surface area contributed by atoms with Crippen molar-refractivity contribution in [3.05, 3.63) is 29.8 Å². The summed E-state index contributed by atoms with van der Waals surface area (Å²) in [6, 6.07) is 6.54. The van der Waals surface area contributed by atoms with Crippen LogP contribution in [0.15, 0.2) is 29.4 Å². The van der Waals surface area contributed by atoms with Gasteiger partial charge in [-0.3, -0.25) is 4.79 Å². The molecule has 0 amide bonds. The summed E-state index contributed by atoms with van der Waals surface area (Å²) < 4.78 is 4.95. The number of carbonyl (C=O) groups is 1. The van der Waals surface area contributed by atoms with Crippen molar-refractivity contribution in [1.29, 1.82) is 0 Å². The molecule has 14 heavy (non-hydrogen) atoms. The number of ketones is 1. The summed E-state index contributed by atoms with van der Waals surface area (Å²) in [5, 5.41) is 10.5. The third-order valence-electron chi connectivity index (χ3n) is 1.63. The Morgan fingerprint density at radius 1 is 1.50 bits per heavy atom. The van der Waals surface area contributed by atoms with E-state index in [1.54, 1.807) is 18.2 Å². The van der Waals surface area contributed by atoms with Gasteiger partial charge >= 0.3 is 0 Å². The molecule has 1 rings (SSSR count). The normalized spacial score (nSPS) is 11.1. The van der Waals surface area contributed by atoms with Crippen molar-refractivity contribution in [2.24, 2.45) is 5.16 Å². The Morgan fingerprint density at radius 3 is 2.71 bits per heavy atom. The van der Waals surface area contributed by atoms with E-state index in [0.717, 1.165) is 0 Å². The lowest BCUT2D eigenvalue weighted by atomic mass is 10.1. The SMILES string of the molecule is COc1ccccc1C(=O)/C(Cl)=N\O. The number of carbonyl (C=O) groups excluding carboxylic acids is 1. The lowest BCUT2D eigenvalue weighted by Gasteiger charge is -2.04. The Balaban J connectivity index is 3.12. The van der Waals surface area contributed by atoms with E-state index in [9.17, 15) is 4.79 Å². The Labute approximate surface area is 85.7 Å². The maximum atomic E-state index is 11.5. The molecular formula is C9H8ClNO3. The molecule has 0 saturated carbocycles. The monoisotopic (exact) mass is 213 g/mol. The van der Waals surface area contributed by atoms with Gasteiger partial charge in [-0.05, 0) is 12.1 Å². The van der Waals surface area contributed by atoms with Crippen LogP contribution in [0.4, 0.5) is 0 Å².